The van der Waals surface area contributed by atoms with E-state index in [2.05, 4.69) is 10.6 Å². The van der Waals surface area contributed by atoms with Gasteiger partial charge in [-0.2, -0.15) is 8.42 Å². The number of imide groups is 1. The van der Waals surface area contributed by atoms with E-state index in [-0.39, 0.29) is 28.6 Å². The van der Waals surface area contributed by atoms with Crippen LogP contribution in [0.3, 0.4) is 0 Å². The Bertz CT molecular complexity index is 1420. The van der Waals surface area contributed by atoms with Crippen LogP contribution in [0.15, 0.2) is 53.4 Å². The SMILES string of the molecule is CC(=O)Nc1cc2c3c(cc(NC(C)=O)cc3c1)C(=O)N(c1cccc(S(=O)(=O)O)c1)C2=O. The van der Waals surface area contributed by atoms with Crippen molar-refractivity contribution in [3.05, 3.63) is 59.7 Å². The average molecular weight is 467 g/mol. The van der Waals surface area contributed by atoms with E-state index in [4.69, 9.17) is 0 Å². The van der Waals surface area contributed by atoms with Crippen molar-refractivity contribution in [2.75, 3.05) is 15.5 Å². The number of nitrogens with zero attached hydrogens (tertiary/aromatic N) is 1. The molecular weight excluding hydrogens is 450 g/mol. The molecule has 168 valence electrons. The minimum Gasteiger partial charge on any atom is -0.326 e. The van der Waals surface area contributed by atoms with Gasteiger partial charge in [0.15, 0.2) is 0 Å². The molecule has 0 aliphatic carbocycles. The fourth-order valence-electron chi connectivity index (χ4n) is 3.75. The molecule has 4 amide bonds. The smallest absolute Gasteiger partial charge is 0.294 e. The number of carbonyl (C=O) groups excluding carboxylic acids is 4. The Labute approximate surface area is 187 Å². The maximum Gasteiger partial charge on any atom is 0.294 e. The van der Waals surface area contributed by atoms with Crippen LogP contribution in [0.4, 0.5) is 17.1 Å². The molecule has 1 aliphatic heterocycles. The molecule has 4 rings (SSSR count). The highest BCUT2D eigenvalue weighted by molar-refractivity contribution is 7.85. The van der Waals surface area contributed by atoms with Crippen LogP contribution < -0.4 is 15.5 Å². The minimum atomic E-state index is -4.58. The lowest BCUT2D eigenvalue weighted by Gasteiger charge is -2.28. The van der Waals surface area contributed by atoms with E-state index in [1.807, 2.05) is 0 Å². The Morgan fingerprint density at radius 1 is 0.848 bits per heavy atom. The van der Waals surface area contributed by atoms with Crippen LogP contribution in [0.5, 0.6) is 0 Å². The van der Waals surface area contributed by atoms with Gasteiger partial charge in [-0.1, -0.05) is 6.07 Å². The monoisotopic (exact) mass is 467 g/mol. The molecule has 0 fully saturated rings. The normalized spacial score (nSPS) is 13.2. The fraction of sp³-hybridized carbons (Fsp3) is 0.0909. The molecular formula is C22H17N3O7S. The molecule has 0 bridgehead atoms. The van der Waals surface area contributed by atoms with E-state index < -0.39 is 26.8 Å². The van der Waals surface area contributed by atoms with Gasteiger partial charge in [-0.05, 0) is 47.9 Å². The van der Waals surface area contributed by atoms with Crippen molar-refractivity contribution in [2.24, 2.45) is 0 Å². The first kappa shape index (κ1) is 22.1. The first-order chi connectivity index (χ1) is 15.5. The lowest BCUT2D eigenvalue weighted by molar-refractivity contribution is -0.115. The number of amides is 4. The summed E-state index contributed by atoms with van der Waals surface area (Å²) in [6, 6.07) is 10.7. The fourth-order valence-corrected chi connectivity index (χ4v) is 4.27. The number of anilines is 3. The molecule has 3 aromatic rings. The molecule has 33 heavy (non-hydrogen) atoms. The Kier molecular flexibility index (Phi) is 5.23. The number of rotatable bonds is 4. The van der Waals surface area contributed by atoms with Gasteiger partial charge in [0.1, 0.15) is 0 Å². The summed E-state index contributed by atoms with van der Waals surface area (Å²) in [7, 11) is -4.58. The third-order valence-corrected chi connectivity index (χ3v) is 5.78. The number of benzene rings is 3. The second-order valence-electron chi connectivity index (χ2n) is 7.43. The highest BCUT2D eigenvalue weighted by atomic mass is 32.2. The molecule has 0 spiro atoms. The third-order valence-electron chi connectivity index (χ3n) is 4.93. The van der Waals surface area contributed by atoms with Crippen molar-refractivity contribution in [3.63, 3.8) is 0 Å². The van der Waals surface area contributed by atoms with Gasteiger partial charge < -0.3 is 10.6 Å². The van der Waals surface area contributed by atoms with Crippen molar-refractivity contribution in [3.8, 4) is 0 Å². The molecule has 11 heteroatoms. The molecule has 0 atom stereocenters. The standard InChI is InChI=1S/C22H17N3O7S/c1-11(26)23-14-6-13-7-15(24-12(2)27)9-19-20(13)18(8-14)21(28)25(22(19)29)16-4-3-5-17(10-16)33(30,31)32/h3-10H,1-2H3,(H,23,26)(H,24,27)(H,30,31,32). The van der Waals surface area contributed by atoms with E-state index in [9.17, 15) is 32.1 Å². The van der Waals surface area contributed by atoms with Crippen LogP contribution in [0.1, 0.15) is 34.6 Å². The molecule has 1 heterocycles. The lowest BCUT2D eigenvalue weighted by atomic mass is 9.92. The first-order valence-electron chi connectivity index (χ1n) is 9.59. The number of nitrogens with one attached hydrogen (secondary N) is 2. The molecule has 0 aromatic heterocycles. The van der Waals surface area contributed by atoms with Gasteiger partial charge in [-0.15, -0.1) is 0 Å². The molecule has 0 unspecified atom stereocenters. The van der Waals surface area contributed by atoms with Gasteiger partial charge >= 0.3 is 0 Å². The average Bonchev–Trinajstić information content (AvgIpc) is 2.70. The molecule has 0 saturated heterocycles. The van der Waals surface area contributed by atoms with E-state index in [1.54, 1.807) is 12.1 Å². The second-order valence-corrected chi connectivity index (χ2v) is 8.85. The molecule has 3 aromatic carbocycles. The van der Waals surface area contributed by atoms with Gasteiger partial charge in [-0.3, -0.25) is 23.7 Å². The summed E-state index contributed by atoms with van der Waals surface area (Å²) in [4.78, 5) is 50.3. The summed E-state index contributed by atoms with van der Waals surface area (Å²) in [5, 5.41) is 5.96. The zero-order valence-electron chi connectivity index (χ0n) is 17.4. The molecule has 0 saturated carbocycles. The Hall–Kier alpha value is -4.09. The summed E-state index contributed by atoms with van der Waals surface area (Å²) < 4.78 is 32.5. The zero-order valence-corrected chi connectivity index (χ0v) is 18.2. The lowest BCUT2D eigenvalue weighted by Crippen LogP contribution is -2.40. The quantitative estimate of drug-likeness (QED) is 0.394. The second kappa shape index (κ2) is 7.80. The summed E-state index contributed by atoms with van der Waals surface area (Å²) in [5.74, 6) is -2.25. The predicted molar refractivity (Wildman–Crippen MR) is 120 cm³/mol. The zero-order chi connectivity index (χ0) is 24.1. The Morgan fingerprint density at radius 3 is 1.82 bits per heavy atom. The van der Waals surface area contributed by atoms with Crippen molar-refractivity contribution in [1.82, 2.24) is 0 Å². The third kappa shape index (κ3) is 4.06. The van der Waals surface area contributed by atoms with Gasteiger partial charge in [-0.25, -0.2) is 4.90 Å². The van der Waals surface area contributed by atoms with E-state index in [0.29, 0.717) is 22.1 Å². The highest BCUT2D eigenvalue weighted by Gasteiger charge is 2.35. The van der Waals surface area contributed by atoms with Gasteiger partial charge in [0.2, 0.25) is 11.8 Å². The molecule has 10 nitrogen and oxygen atoms in total. The maximum atomic E-state index is 13.4. The van der Waals surface area contributed by atoms with Crippen molar-refractivity contribution in [2.45, 2.75) is 18.7 Å². The number of carbonyl (C=O) groups is 4. The summed E-state index contributed by atoms with van der Waals surface area (Å²) in [6.07, 6.45) is 0. The minimum absolute atomic E-state index is 0.0752. The van der Waals surface area contributed by atoms with Crippen LogP contribution >= 0.6 is 0 Å². The van der Waals surface area contributed by atoms with Gasteiger partial charge in [0, 0.05) is 30.6 Å². The molecule has 1 aliphatic rings. The number of hydrogen-bond acceptors (Lipinski definition) is 6. The Morgan fingerprint density at radius 2 is 1.36 bits per heavy atom. The van der Waals surface area contributed by atoms with E-state index in [1.165, 1.54) is 38.1 Å². The van der Waals surface area contributed by atoms with Gasteiger partial charge in [0.05, 0.1) is 21.7 Å². The van der Waals surface area contributed by atoms with Crippen LogP contribution in [0, 0.1) is 0 Å². The number of hydrogen-bond donors (Lipinski definition) is 3. The first-order valence-corrected chi connectivity index (χ1v) is 11.0. The van der Waals surface area contributed by atoms with E-state index in [0.717, 1.165) is 17.0 Å². The topological polar surface area (TPSA) is 150 Å². The van der Waals surface area contributed by atoms with Crippen LogP contribution in [-0.4, -0.2) is 36.6 Å². The van der Waals surface area contributed by atoms with E-state index >= 15 is 0 Å². The van der Waals surface area contributed by atoms with Crippen molar-refractivity contribution < 1.29 is 32.1 Å². The van der Waals surface area contributed by atoms with Crippen LogP contribution in [0.25, 0.3) is 10.8 Å². The van der Waals surface area contributed by atoms with Crippen LogP contribution in [-0.2, 0) is 19.7 Å². The predicted octanol–water partition coefficient (Wildman–Crippen LogP) is 2.80. The maximum absolute atomic E-state index is 13.4. The van der Waals surface area contributed by atoms with Crippen molar-refractivity contribution in [1.29, 1.82) is 0 Å². The van der Waals surface area contributed by atoms with Crippen LogP contribution in [0.2, 0.25) is 0 Å². The summed E-state index contributed by atoms with van der Waals surface area (Å²) >= 11 is 0. The highest BCUT2D eigenvalue weighted by Crippen LogP contribution is 2.37. The molecule has 0 radical (unpaired) electrons. The molecule has 3 N–H and O–H groups in total. The largest absolute Gasteiger partial charge is 0.326 e. The summed E-state index contributed by atoms with van der Waals surface area (Å²) in [5.41, 5.74) is 0.708. The summed E-state index contributed by atoms with van der Waals surface area (Å²) in [6.45, 7) is 2.60. The van der Waals surface area contributed by atoms with Gasteiger partial charge in [0.25, 0.3) is 21.9 Å². The van der Waals surface area contributed by atoms with Crippen molar-refractivity contribution >= 4 is 61.6 Å². The Balaban J connectivity index is 1.98.